The minimum Gasteiger partial charge on any atom is -0.476 e. The van der Waals surface area contributed by atoms with E-state index in [0.29, 0.717) is 26.9 Å². The summed E-state index contributed by atoms with van der Waals surface area (Å²) in [5.74, 6) is 0.0850. The van der Waals surface area contributed by atoms with Crippen LogP contribution in [0.1, 0.15) is 17.3 Å². The average Bonchev–Trinajstić information content (AvgIpc) is 2.24. The fraction of sp³-hybridized carbons (Fsp3) is 0.300. The normalized spacial score (nSPS) is 10.0. The Kier molecular flexibility index (Phi) is 5.58. The van der Waals surface area contributed by atoms with E-state index in [9.17, 15) is 4.79 Å². The highest BCUT2D eigenvalue weighted by Crippen LogP contribution is 2.36. The quantitative estimate of drug-likeness (QED) is 0.593. The number of esters is 1. The standard InChI is InChI=1S/C10H9Br2ClO3/c1-2-15-10(14)6-3-4-7(11)9(8(6)12)16-5-13/h3-4H,2,5H2,1H3. The van der Waals surface area contributed by atoms with Gasteiger partial charge < -0.3 is 9.47 Å². The Morgan fingerprint density at radius 3 is 2.69 bits per heavy atom. The van der Waals surface area contributed by atoms with Crippen molar-refractivity contribution in [1.82, 2.24) is 0 Å². The second-order valence-electron chi connectivity index (χ2n) is 2.71. The third-order valence-electron chi connectivity index (χ3n) is 1.74. The molecule has 0 aliphatic heterocycles. The monoisotopic (exact) mass is 370 g/mol. The van der Waals surface area contributed by atoms with Crippen molar-refractivity contribution in [2.24, 2.45) is 0 Å². The number of alkyl halides is 1. The van der Waals surface area contributed by atoms with E-state index >= 15 is 0 Å². The van der Waals surface area contributed by atoms with Crippen LogP contribution < -0.4 is 4.74 Å². The van der Waals surface area contributed by atoms with Crippen LogP contribution in [0.5, 0.6) is 5.75 Å². The van der Waals surface area contributed by atoms with E-state index in [1.807, 2.05) is 0 Å². The van der Waals surface area contributed by atoms with Gasteiger partial charge in [-0.2, -0.15) is 0 Å². The summed E-state index contributed by atoms with van der Waals surface area (Å²) in [5.41, 5.74) is 0.408. The summed E-state index contributed by atoms with van der Waals surface area (Å²) in [6.45, 7) is 2.08. The first-order valence-electron chi connectivity index (χ1n) is 4.45. The van der Waals surface area contributed by atoms with Crippen LogP contribution in [0, 0.1) is 0 Å². The van der Waals surface area contributed by atoms with Gasteiger partial charge in [0.2, 0.25) is 0 Å². The van der Waals surface area contributed by atoms with Crippen molar-refractivity contribution in [3.05, 3.63) is 26.6 Å². The van der Waals surface area contributed by atoms with Gasteiger partial charge in [0.15, 0.2) is 6.07 Å². The summed E-state index contributed by atoms with van der Waals surface area (Å²) in [4.78, 5) is 11.6. The van der Waals surface area contributed by atoms with Crippen LogP contribution in [-0.4, -0.2) is 18.6 Å². The summed E-state index contributed by atoms with van der Waals surface area (Å²) >= 11 is 12.1. The van der Waals surface area contributed by atoms with Gasteiger partial charge >= 0.3 is 5.97 Å². The molecule has 1 aromatic carbocycles. The van der Waals surface area contributed by atoms with Gasteiger partial charge in [0.1, 0.15) is 5.75 Å². The maximum absolute atomic E-state index is 11.6. The molecular weight excluding hydrogens is 363 g/mol. The molecule has 1 aromatic rings. The fourth-order valence-electron chi connectivity index (χ4n) is 1.09. The second kappa shape index (κ2) is 6.47. The molecule has 0 amide bonds. The van der Waals surface area contributed by atoms with Crippen LogP contribution in [0.15, 0.2) is 21.1 Å². The SMILES string of the molecule is CCOC(=O)c1ccc(Br)c(OCCl)c1Br. The van der Waals surface area contributed by atoms with Gasteiger partial charge in [-0.3, -0.25) is 0 Å². The Morgan fingerprint density at radius 1 is 1.44 bits per heavy atom. The maximum Gasteiger partial charge on any atom is 0.339 e. The summed E-state index contributed by atoms with van der Waals surface area (Å²) in [6.07, 6.45) is 0. The molecule has 0 bridgehead atoms. The fourth-order valence-corrected chi connectivity index (χ4v) is 2.53. The van der Waals surface area contributed by atoms with E-state index in [1.54, 1.807) is 19.1 Å². The van der Waals surface area contributed by atoms with Crippen molar-refractivity contribution < 1.29 is 14.3 Å². The Bertz CT molecular complexity index is 396. The zero-order chi connectivity index (χ0) is 12.1. The number of halogens is 3. The van der Waals surface area contributed by atoms with E-state index in [2.05, 4.69) is 31.9 Å². The van der Waals surface area contributed by atoms with Crippen LogP contribution >= 0.6 is 43.5 Å². The van der Waals surface area contributed by atoms with Crippen molar-refractivity contribution >= 4 is 49.4 Å². The van der Waals surface area contributed by atoms with E-state index < -0.39 is 5.97 Å². The number of carbonyl (C=O) groups is 1. The van der Waals surface area contributed by atoms with E-state index in [-0.39, 0.29) is 6.07 Å². The van der Waals surface area contributed by atoms with Crippen molar-refractivity contribution in [2.45, 2.75) is 6.92 Å². The summed E-state index contributed by atoms with van der Waals surface area (Å²) in [6, 6.07) is 3.36. The lowest BCUT2D eigenvalue weighted by atomic mass is 10.2. The van der Waals surface area contributed by atoms with Crippen LogP contribution in [0.3, 0.4) is 0 Å². The number of hydrogen-bond acceptors (Lipinski definition) is 3. The van der Waals surface area contributed by atoms with Crippen LogP contribution in [0.25, 0.3) is 0 Å². The minimum atomic E-state index is -0.402. The molecule has 0 spiro atoms. The minimum absolute atomic E-state index is 0.00345. The number of carbonyl (C=O) groups excluding carboxylic acids is 1. The highest BCUT2D eigenvalue weighted by Gasteiger charge is 2.17. The number of hydrogen-bond donors (Lipinski definition) is 0. The van der Waals surface area contributed by atoms with E-state index in [4.69, 9.17) is 21.1 Å². The Balaban J connectivity index is 3.12. The van der Waals surface area contributed by atoms with Gasteiger partial charge in [0, 0.05) is 0 Å². The van der Waals surface area contributed by atoms with Gasteiger partial charge in [0.05, 0.1) is 21.1 Å². The molecule has 1 rings (SSSR count). The lowest BCUT2D eigenvalue weighted by Gasteiger charge is -2.10. The van der Waals surface area contributed by atoms with E-state index in [1.165, 1.54) is 0 Å². The molecule has 0 saturated heterocycles. The molecule has 0 N–H and O–H groups in total. The molecule has 6 heteroatoms. The summed E-state index contributed by atoms with van der Waals surface area (Å²) < 4.78 is 11.4. The molecule has 0 unspecified atom stereocenters. The number of benzene rings is 1. The zero-order valence-electron chi connectivity index (χ0n) is 8.43. The van der Waals surface area contributed by atoms with Gasteiger partial charge in [-0.15, -0.1) is 0 Å². The Hall–Kier alpha value is -0.260. The third-order valence-corrected chi connectivity index (χ3v) is 3.26. The van der Waals surface area contributed by atoms with Crippen LogP contribution in [0.2, 0.25) is 0 Å². The predicted molar refractivity (Wildman–Crippen MR) is 69.1 cm³/mol. The van der Waals surface area contributed by atoms with E-state index in [0.717, 1.165) is 0 Å². The second-order valence-corrected chi connectivity index (χ2v) is 4.58. The highest BCUT2D eigenvalue weighted by molar-refractivity contribution is 9.11. The highest BCUT2D eigenvalue weighted by atomic mass is 79.9. The van der Waals surface area contributed by atoms with Gasteiger partial charge in [-0.25, -0.2) is 4.79 Å². The summed E-state index contributed by atoms with van der Waals surface area (Å²) in [7, 11) is 0. The number of rotatable bonds is 4. The molecule has 16 heavy (non-hydrogen) atoms. The van der Waals surface area contributed by atoms with Crippen LogP contribution in [-0.2, 0) is 4.74 Å². The number of ether oxygens (including phenoxy) is 2. The molecule has 0 heterocycles. The Morgan fingerprint density at radius 2 is 2.12 bits per heavy atom. The van der Waals surface area contributed by atoms with Crippen molar-refractivity contribution in [1.29, 1.82) is 0 Å². The average molecular weight is 372 g/mol. The van der Waals surface area contributed by atoms with Crippen molar-refractivity contribution in [3.63, 3.8) is 0 Å². The molecule has 0 aliphatic carbocycles. The molecule has 0 saturated carbocycles. The molecule has 88 valence electrons. The molecule has 0 aromatic heterocycles. The molecular formula is C10H9Br2ClO3. The van der Waals surface area contributed by atoms with Gasteiger partial charge in [-0.1, -0.05) is 11.6 Å². The third kappa shape index (κ3) is 3.12. The van der Waals surface area contributed by atoms with Crippen molar-refractivity contribution in [2.75, 3.05) is 12.7 Å². The van der Waals surface area contributed by atoms with Crippen molar-refractivity contribution in [3.8, 4) is 5.75 Å². The molecule has 3 nitrogen and oxygen atoms in total. The first-order chi connectivity index (χ1) is 7.61. The van der Waals surface area contributed by atoms with Crippen LogP contribution in [0.4, 0.5) is 0 Å². The molecule has 0 aliphatic rings. The first kappa shape index (κ1) is 13.8. The molecule has 0 radical (unpaired) electrons. The molecule has 0 atom stereocenters. The topological polar surface area (TPSA) is 35.5 Å². The Labute approximate surface area is 115 Å². The lowest BCUT2D eigenvalue weighted by molar-refractivity contribution is 0.0524. The smallest absolute Gasteiger partial charge is 0.339 e. The lowest BCUT2D eigenvalue weighted by Crippen LogP contribution is -2.06. The zero-order valence-corrected chi connectivity index (χ0v) is 12.4. The maximum atomic E-state index is 11.6. The largest absolute Gasteiger partial charge is 0.476 e. The summed E-state index contributed by atoms with van der Waals surface area (Å²) in [5, 5.41) is 0. The first-order valence-corrected chi connectivity index (χ1v) is 6.57. The van der Waals surface area contributed by atoms with Gasteiger partial charge in [-0.05, 0) is 50.9 Å². The molecule has 0 fully saturated rings. The van der Waals surface area contributed by atoms with Gasteiger partial charge in [0.25, 0.3) is 0 Å². The predicted octanol–water partition coefficient (Wildman–Crippen LogP) is 3.96.